The molecule has 2 atom stereocenters. The van der Waals surface area contributed by atoms with Crippen molar-refractivity contribution in [1.29, 1.82) is 0 Å². The number of nitrogens with one attached hydrogen (secondary N) is 1. The van der Waals surface area contributed by atoms with E-state index in [0.717, 1.165) is 25.1 Å². The number of β-amino-alcohol motifs (C(OH)–C–C–N with tert-alkyl or cyclic N) is 1. The molecule has 0 amide bonds. The van der Waals surface area contributed by atoms with Crippen molar-refractivity contribution >= 4 is 0 Å². The molecular weight excluding hydrogens is 194 g/mol. The van der Waals surface area contributed by atoms with E-state index in [0.29, 0.717) is 18.9 Å². The number of aliphatic hydroxyl groups excluding tert-OH is 1. The number of unbranched alkanes of at least 4 members (excludes halogenated alkanes) is 1. The van der Waals surface area contributed by atoms with Crippen molar-refractivity contribution in [3.63, 3.8) is 0 Å². The molecular formula is C10H17N3O2. The highest BCUT2D eigenvalue weighted by Crippen LogP contribution is 2.21. The van der Waals surface area contributed by atoms with Gasteiger partial charge in [-0.25, -0.2) is 0 Å². The van der Waals surface area contributed by atoms with Gasteiger partial charge in [0.15, 0.2) is 5.82 Å². The highest BCUT2D eigenvalue weighted by atomic mass is 16.5. The molecule has 0 spiro atoms. The van der Waals surface area contributed by atoms with Crippen LogP contribution in [0.15, 0.2) is 4.52 Å². The first-order valence-corrected chi connectivity index (χ1v) is 5.53. The molecule has 15 heavy (non-hydrogen) atoms. The highest BCUT2D eigenvalue weighted by Gasteiger charge is 2.27. The lowest BCUT2D eigenvalue weighted by molar-refractivity contribution is 0.191. The predicted molar refractivity (Wildman–Crippen MR) is 54.3 cm³/mol. The summed E-state index contributed by atoms with van der Waals surface area (Å²) in [5.74, 6) is 1.38. The molecule has 0 saturated carbocycles. The third kappa shape index (κ3) is 2.54. The topological polar surface area (TPSA) is 71.2 Å². The van der Waals surface area contributed by atoms with E-state index in [1.54, 1.807) is 0 Å². The van der Waals surface area contributed by atoms with Crippen LogP contribution in [0.4, 0.5) is 0 Å². The van der Waals surface area contributed by atoms with E-state index in [9.17, 15) is 5.11 Å². The van der Waals surface area contributed by atoms with E-state index < -0.39 is 0 Å². The van der Waals surface area contributed by atoms with Crippen molar-refractivity contribution in [2.45, 2.75) is 44.8 Å². The lowest BCUT2D eigenvalue weighted by Gasteiger charge is -2.01. The maximum absolute atomic E-state index is 9.36. The Kier molecular flexibility index (Phi) is 3.33. The Hall–Kier alpha value is -0.940. The Morgan fingerprint density at radius 3 is 3.13 bits per heavy atom. The van der Waals surface area contributed by atoms with Crippen LogP contribution in [-0.2, 0) is 6.42 Å². The van der Waals surface area contributed by atoms with E-state index in [-0.39, 0.29) is 12.1 Å². The van der Waals surface area contributed by atoms with Crippen LogP contribution in [0.3, 0.4) is 0 Å². The van der Waals surface area contributed by atoms with E-state index in [1.165, 1.54) is 0 Å². The first-order valence-electron chi connectivity index (χ1n) is 5.53. The summed E-state index contributed by atoms with van der Waals surface area (Å²) >= 11 is 0. The van der Waals surface area contributed by atoms with Crippen LogP contribution in [0.25, 0.3) is 0 Å². The van der Waals surface area contributed by atoms with Gasteiger partial charge in [-0.3, -0.25) is 0 Å². The number of aliphatic hydroxyl groups is 1. The summed E-state index contributed by atoms with van der Waals surface area (Å²) < 4.78 is 5.16. The summed E-state index contributed by atoms with van der Waals surface area (Å²) in [6.07, 6.45) is 3.45. The highest BCUT2D eigenvalue weighted by molar-refractivity contribution is 4.97. The molecule has 1 aromatic heterocycles. The van der Waals surface area contributed by atoms with Gasteiger partial charge in [0.2, 0.25) is 5.89 Å². The van der Waals surface area contributed by atoms with Gasteiger partial charge in [-0.15, -0.1) is 0 Å². The third-order valence-electron chi connectivity index (χ3n) is 2.64. The summed E-state index contributed by atoms with van der Waals surface area (Å²) in [5.41, 5.74) is 0. The van der Waals surface area contributed by atoms with Crippen molar-refractivity contribution in [2.24, 2.45) is 0 Å². The molecule has 2 heterocycles. The molecule has 1 aliphatic rings. The first kappa shape index (κ1) is 10.6. The SMILES string of the molecule is CCCCc1noc([C@H]2C[C@H](O)CN2)n1. The molecule has 5 heteroatoms. The molecule has 1 aromatic rings. The van der Waals surface area contributed by atoms with Crippen molar-refractivity contribution in [3.05, 3.63) is 11.7 Å². The minimum absolute atomic E-state index is 0.0304. The molecule has 0 unspecified atom stereocenters. The van der Waals surface area contributed by atoms with Gasteiger partial charge in [0.05, 0.1) is 12.1 Å². The van der Waals surface area contributed by atoms with Gasteiger partial charge in [-0.05, 0) is 12.8 Å². The van der Waals surface area contributed by atoms with E-state index in [2.05, 4.69) is 22.4 Å². The van der Waals surface area contributed by atoms with Gasteiger partial charge >= 0.3 is 0 Å². The van der Waals surface area contributed by atoms with Crippen LogP contribution in [0.2, 0.25) is 0 Å². The molecule has 5 nitrogen and oxygen atoms in total. The molecule has 0 aliphatic carbocycles. The normalized spacial score (nSPS) is 26.0. The molecule has 0 bridgehead atoms. The lowest BCUT2D eigenvalue weighted by atomic mass is 10.2. The zero-order valence-electron chi connectivity index (χ0n) is 8.94. The van der Waals surface area contributed by atoms with Crippen molar-refractivity contribution in [2.75, 3.05) is 6.54 Å². The van der Waals surface area contributed by atoms with E-state index in [1.807, 2.05) is 0 Å². The van der Waals surface area contributed by atoms with E-state index in [4.69, 9.17) is 4.52 Å². The number of hydrogen-bond acceptors (Lipinski definition) is 5. The average Bonchev–Trinajstić information content (AvgIpc) is 2.83. The third-order valence-corrected chi connectivity index (χ3v) is 2.64. The van der Waals surface area contributed by atoms with Crippen LogP contribution in [0.5, 0.6) is 0 Å². The molecule has 2 N–H and O–H groups in total. The number of nitrogens with zero attached hydrogens (tertiary/aromatic N) is 2. The van der Waals surface area contributed by atoms with Crippen LogP contribution >= 0.6 is 0 Å². The minimum Gasteiger partial charge on any atom is -0.392 e. The Labute approximate surface area is 88.9 Å². The van der Waals surface area contributed by atoms with Crippen LogP contribution in [0, 0.1) is 0 Å². The van der Waals surface area contributed by atoms with Crippen molar-refractivity contribution < 1.29 is 9.63 Å². The molecule has 0 radical (unpaired) electrons. The lowest BCUT2D eigenvalue weighted by Crippen LogP contribution is -2.15. The van der Waals surface area contributed by atoms with Crippen molar-refractivity contribution in [3.8, 4) is 0 Å². The Balaban J connectivity index is 1.94. The second kappa shape index (κ2) is 4.72. The summed E-state index contributed by atoms with van der Waals surface area (Å²) in [6.45, 7) is 2.74. The smallest absolute Gasteiger partial charge is 0.243 e. The molecule has 1 saturated heterocycles. The molecule has 1 aliphatic heterocycles. The van der Waals surface area contributed by atoms with Gasteiger partial charge in [-0.1, -0.05) is 18.5 Å². The van der Waals surface area contributed by atoms with Crippen LogP contribution in [0.1, 0.15) is 43.9 Å². The van der Waals surface area contributed by atoms with Gasteiger partial charge in [-0.2, -0.15) is 4.98 Å². The number of hydrogen-bond donors (Lipinski definition) is 2. The van der Waals surface area contributed by atoms with Gasteiger partial charge in [0, 0.05) is 13.0 Å². The van der Waals surface area contributed by atoms with Crippen LogP contribution in [-0.4, -0.2) is 27.9 Å². The summed E-state index contributed by atoms with van der Waals surface area (Å²) in [7, 11) is 0. The fourth-order valence-electron chi connectivity index (χ4n) is 1.75. The van der Waals surface area contributed by atoms with Gasteiger partial charge < -0.3 is 14.9 Å². The van der Waals surface area contributed by atoms with Crippen LogP contribution < -0.4 is 5.32 Å². The average molecular weight is 211 g/mol. The molecule has 84 valence electrons. The maximum Gasteiger partial charge on any atom is 0.243 e. The van der Waals surface area contributed by atoms with E-state index >= 15 is 0 Å². The van der Waals surface area contributed by atoms with Gasteiger partial charge in [0.1, 0.15) is 0 Å². The second-order valence-corrected chi connectivity index (χ2v) is 4.00. The molecule has 0 aromatic carbocycles. The molecule has 1 fully saturated rings. The zero-order chi connectivity index (χ0) is 10.7. The largest absolute Gasteiger partial charge is 0.392 e. The van der Waals surface area contributed by atoms with Gasteiger partial charge in [0.25, 0.3) is 0 Å². The Morgan fingerprint density at radius 2 is 2.47 bits per heavy atom. The first-order chi connectivity index (χ1) is 7.29. The second-order valence-electron chi connectivity index (χ2n) is 4.00. The number of aryl methyl sites for hydroxylation is 1. The Bertz CT molecular complexity index is 313. The standard InChI is InChI=1S/C10H17N3O2/c1-2-3-4-9-12-10(15-13-9)8-5-7(14)6-11-8/h7-8,11,14H,2-6H2,1H3/t7-,8+/m0/s1. The zero-order valence-corrected chi connectivity index (χ0v) is 8.94. The summed E-state index contributed by atoms with van der Waals surface area (Å²) in [5, 5.41) is 16.4. The summed E-state index contributed by atoms with van der Waals surface area (Å²) in [6, 6.07) is 0.0304. The van der Waals surface area contributed by atoms with Crippen molar-refractivity contribution in [1.82, 2.24) is 15.5 Å². The fourth-order valence-corrected chi connectivity index (χ4v) is 1.75. The number of aromatic nitrogens is 2. The fraction of sp³-hybridized carbons (Fsp3) is 0.800. The molecule has 2 rings (SSSR count). The Morgan fingerprint density at radius 1 is 1.60 bits per heavy atom. The maximum atomic E-state index is 9.36. The summed E-state index contributed by atoms with van der Waals surface area (Å²) in [4.78, 5) is 4.31. The minimum atomic E-state index is -0.291. The quantitative estimate of drug-likeness (QED) is 0.771. The predicted octanol–water partition coefficient (Wildman–Crippen LogP) is 0.807. The monoisotopic (exact) mass is 211 g/mol. The number of rotatable bonds is 4.